The van der Waals surface area contributed by atoms with E-state index >= 15 is 0 Å². The topological polar surface area (TPSA) is 72.8 Å². The standard InChI is InChI=1S/C25H16F5N3O3/c26-16-8-5-14(6-9-16)21-12-19(18-3-1-2-4-20(18)32-21)23(34)33-31-13-15-7-10-17(35-24(27)28)11-22(15)36-25(29)30/h1-13,24-25H,(H,33,34)/b31-13-. The summed E-state index contributed by atoms with van der Waals surface area (Å²) in [6.45, 7) is -6.39. The number of halogens is 5. The van der Waals surface area contributed by atoms with Crippen LogP contribution in [-0.4, -0.2) is 30.3 Å². The normalized spacial score (nSPS) is 11.4. The van der Waals surface area contributed by atoms with Gasteiger partial charge in [0.2, 0.25) is 0 Å². The molecule has 0 bridgehead atoms. The van der Waals surface area contributed by atoms with Gasteiger partial charge in [-0.25, -0.2) is 14.8 Å². The van der Waals surface area contributed by atoms with Crippen LogP contribution in [0.25, 0.3) is 22.2 Å². The fourth-order valence-electron chi connectivity index (χ4n) is 3.35. The van der Waals surface area contributed by atoms with Gasteiger partial charge in [-0.2, -0.15) is 22.7 Å². The van der Waals surface area contributed by atoms with Crippen molar-refractivity contribution < 1.29 is 36.2 Å². The van der Waals surface area contributed by atoms with Crippen molar-refractivity contribution in [2.75, 3.05) is 0 Å². The monoisotopic (exact) mass is 501 g/mol. The number of nitrogens with zero attached hydrogens (tertiary/aromatic N) is 2. The molecule has 0 fully saturated rings. The average molecular weight is 501 g/mol. The second kappa shape index (κ2) is 10.8. The van der Waals surface area contributed by atoms with Crippen molar-refractivity contribution in [1.82, 2.24) is 10.4 Å². The predicted octanol–water partition coefficient (Wildman–Crippen LogP) is 6.01. The van der Waals surface area contributed by atoms with Crippen molar-refractivity contribution in [2.45, 2.75) is 13.2 Å². The Bertz CT molecular complexity index is 1410. The largest absolute Gasteiger partial charge is 0.435 e. The number of carbonyl (C=O) groups is 1. The molecule has 6 nitrogen and oxygen atoms in total. The molecular weight excluding hydrogens is 485 g/mol. The number of ether oxygens (including phenoxy) is 2. The third-order valence-corrected chi connectivity index (χ3v) is 4.90. The summed E-state index contributed by atoms with van der Waals surface area (Å²) in [6.07, 6.45) is 1.02. The zero-order valence-corrected chi connectivity index (χ0v) is 18.2. The fourth-order valence-corrected chi connectivity index (χ4v) is 3.35. The number of benzene rings is 3. The van der Waals surface area contributed by atoms with Gasteiger partial charge in [-0.15, -0.1) is 0 Å². The summed E-state index contributed by atoms with van der Waals surface area (Å²) in [7, 11) is 0. The average Bonchev–Trinajstić information content (AvgIpc) is 2.84. The number of para-hydroxylation sites is 1. The van der Waals surface area contributed by atoms with Crippen LogP contribution in [0.4, 0.5) is 22.0 Å². The van der Waals surface area contributed by atoms with Crippen LogP contribution in [0.1, 0.15) is 15.9 Å². The zero-order chi connectivity index (χ0) is 25.7. The number of nitrogens with one attached hydrogen (secondary N) is 1. The number of aromatic nitrogens is 1. The Kier molecular flexibility index (Phi) is 7.38. The SMILES string of the molecule is O=C(N/N=C\c1ccc(OC(F)F)cc1OC(F)F)c1cc(-c2ccc(F)cc2)nc2ccccc12. The summed E-state index contributed by atoms with van der Waals surface area (Å²) >= 11 is 0. The smallest absolute Gasteiger partial charge is 0.387 e. The summed E-state index contributed by atoms with van der Waals surface area (Å²) in [5.74, 6) is -1.93. The molecule has 1 aromatic heterocycles. The number of hydrogen-bond acceptors (Lipinski definition) is 5. The Hall–Kier alpha value is -4.54. The van der Waals surface area contributed by atoms with Crippen LogP contribution >= 0.6 is 0 Å². The van der Waals surface area contributed by atoms with Gasteiger partial charge in [-0.3, -0.25) is 4.79 Å². The molecule has 4 aromatic rings. The van der Waals surface area contributed by atoms with Gasteiger partial charge in [0.05, 0.1) is 23.0 Å². The Balaban J connectivity index is 1.61. The second-order valence-corrected chi connectivity index (χ2v) is 7.23. The third kappa shape index (κ3) is 5.93. The van der Waals surface area contributed by atoms with Crippen LogP contribution in [0.2, 0.25) is 0 Å². The third-order valence-electron chi connectivity index (χ3n) is 4.90. The van der Waals surface area contributed by atoms with Gasteiger partial charge >= 0.3 is 13.2 Å². The predicted molar refractivity (Wildman–Crippen MR) is 122 cm³/mol. The van der Waals surface area contributed by atoms with E-state index in [0.29, 0.717) is 22.2 Å². The van der Waals surface area contributed by atoms with E-state index in [4.69, 9.17) is 0 Å². The summed E-state index contributed by atoms with van der Waals surface area (Å²) in [6, 6.07) is 17.1. The van der Waals surface area contributed by atoms with E-state index < -0.39 is 36.4 Å². The van der Waals surface area contributed by atoms with Crippen LogP contribution in [0.15, 0.2) is 77.9 Å². The second-order valence-electron chi connectivity index (χ2n) is 7.23. The molecule has 0 aliphatic heterocycles. The van der Waals surface area contributed by atoms with E-state index in [-0.39, 0.29) is 11.1 Å². The van der Waals surface area contributed by atoms with Crippen molar-refractivity contribution in [3.63, 3.8) is 0 Å². The highest BCUT2D eigenvalue weighted by Gasteiger charge is 2.15. The first-order valence-electron chi connectivity index (χ1n) is 10.3. The quantitative estimate of drug-likeness (QED) is 0.182. The molecule has 184 valence electrons. The number of alkyl halides is 4. The van der Waals surface area contributed by atoms with Crippen molar-refractivity contribution in [3.05, 3.63) is 89.7 Å². The van der Waals surface area contributed by atoms with E-state index in [1.165, 1.54) is 36.4 Å². The molecule has 1 N–H and O–H groups in total. The van der Waals surface area contributed by atoms with Crippen LogP contribution in [-0.2, 0) is 0 Å². The molecule has 0 unspecified atom stereocenters. The lowest BCUT2D eigenvalue weighted by Gasteiger charge is -2.11. The number of fused-ring (bicyclic) bond motifs is 1. The minimum Gasteiger partial charge on any atom is -0.435 e. The lowest BCUT2D eigenvalue weighted by Crippen LogP contribution is -2.18. The highest BCUT2D eigenvalue weighted by molar-refractivity contribution is 6.07. The highest BCUT2D eigenvalue weighted by Crippen LogP contribution is 2.27. The van der Waals surface area contributed by atoms with Gasteiger partial charge in [-0.1, -0.05) is 18.2 Å². The zero-order valence-electron chi connectivity index (χ0n) is 18.2. The lowest BCUT2D eigenvalue weighted by molar-refractivity contribution is -0.0543. The maximum absolute atomic E-state index is 13.3. The first-order valence-corrected chi connectivity index (χ1v) is 10.3. The number of carbonyl (C=O) groups excluding carboxylic acids is 1. The molecule has 1 amide bonds. The summed E-state index contributed by atoms with van der Waals surface area (Å²) in [5.41, 5.74) is 4.00. The van der Waals surface area contributed by atoms with Gasteiger partial charge in [0.25, 0.3) is 5.91 Å². The van der Waals surface area contributed by atoms with Crippen LogP contribution < -0.4 is 14.9 Å². The molecule has 4 rings (SSSR count). The van der Waals surface area contributed by atoms with Crippen LogP contribution in [0, 0.1) is 5.82 Å². The maximum Gasteiger partial charge on any atom is 0.387 e. The minimum atomic E-state index is -3.23. The molecule has 36 heavy (non-hydrogen) atoms. The van der Waals surface area contributed by atoms with Gasteiger partial charge in [-0.05, 0) is 48.5 Å². The number of hydrazone groups is 1. The summed E-state index contributed by atoms with van der Waals surface area (Å²) in [4.78, 5) is 17.5. The van der Waals surface area contributed by atoms with Crippen molar-refractivity contribution in [3.8, 4) is 22.8 Å². The van der Waals surface area contributed by atoms with E-state index in [0.717, 1.165) is 18.3 Å². The Morgan fingerprint density at radius 3 is 2.36 bits per heavy atom. The van der Waals surface area contributed by atoms with E-state index in [9.17, 15) is 26.7 Å². The molecule has 1 heterocycles. The van der Waals surface area contributed by atoms with Crippen LogP contribution in [0.3, 0.4) is 0 Å². The van der Waals surface area contributed by atoms with Crippen molar-refractivity contribution >= 4 is 23.0 Å². The van der Waals surface area contributed by atoms with E-state index in [1.54, 1.807) is 24.3 Å². The van der Waals surface area contributed by atoms with Gasteiger partial charge < -0.3 is 9.47 Å². The molecule has 0 aliphatic rings. The Labute approximate surface area is 201 Å². The molecule has 3 aromatic carbocycles. The van der Waals surface area contributed by atoms with Gasteiger partial charge in [0.15, 0.2) is 0 Å². The molecule has 11 heteroatoms. The molecule has 0 saturated carbocycles. The number of rotatable bonds is 8. The van der Waals surface area contributed by atoms with Crippen molar-refractivity contribution in [2.24, 2.45) is 5.10 Å². The van der Waals surface area contributed by atoms with E-state index in [2.05, 4.69) is 25.0 Å². The molecular formula is C25H16F5N3O3. The fraction of sp³-hybridized carbons (Fsp3) is 0.0800. The highest BCUT2D eigenvalue weighted by atomic mass is 19.3. The maximum atomic E-state index is 13.3. The number of pyridine rings is 1. The Morgan fingerprint density at radius 2 is 1.64 bits per heavy atom. The molecule has 0 aliphatic carbocycles. The molecule has 0 atom stereocenters. The minimum absolute atomic E-state index is 0.0243. The summed E-state index contributed by atoms with van der Waals surface area (Å²) in [5, 5.41) is 4.31. The first kappa shape index (κ1) is 24.6. The molecule has 0 saturated heterocycles. The van der Waals surface area contributed by atoms with Crippen LogP contribution in [0.5, 0.6) is 11.5 Å². The number of hydrogen-bond donors (Lipinski definition) is 1. The Morgan fingerprint density at radius 1 is 0.917 bits per heavy atom. The number of amides is 1. The van der Waals surface area contributed by atoms with Crippen molar-refractivity contribution in [1.29, 1.82) is 0 Å². The lowest BCUT2D eigenvalue weighted by atomic mass is 10.0. The van der Waals surface area contributed by atoms with Gasteiger partial charge in [0, 0.05) is 22.6 Å². The summed E-state index contributed by atoms with van der Waals surface area (Å²) < 4.78 is 72.2. The molecule has 0 spiro atoms. The first-order chi connectivity index (χ1) is 17.3. The molecule has 0 radical (unpaired) electrons. The van der Waals surface area contributed by atoms with E-state index in [1.807, 2.05) is 0 Å². The van der Waals surface area contributed by atoms with Gasteiger partial charge in [0.1, 0.15) is 17.3 Å².